The van der Waals surface area contributed by atoms with Gasteiger partial charge < -0.3 is 24.9 Å². The van der Waals surface area contributed by atoms with Gasteiger partial charge in [0.25, 0.3) is 0 Å². The summed E-state index contributed by atoms with van der Waals surface area (Å²) in [5.41, 5.74) is 6.70. The molecular formula is C15H20N2O3. The van der Waals surface area contributed by atoms with Crippen molar-refractivity contribution in [3.05, 3.63) is 41.7 Å². The number of nitrogen functional groups attached to an aromatic ring is 1. The summed E-state index contributed by atoms with van der Waals surface area (Å²) in [6, 6.07) is 9.57. The third kappa shape index (κ3) is 3.68. The molecule has 0 saturated heterocycles. The van der Waals surface area contributed by atoms with Gasteiger partial charge in [0.1, 0.15) is 5.76 Å². The van der Waals surface area contributed by atoms with Crippen LogP contribution >= 0.6 is 0 Å². The summed E-state index contributed by atoms with van der Waals surface area (Å²) in [6.45, 7) is 1.51. The average molecular weight is 276 g/mol. The molecule has 20 heavy (non-hydrogen) atoms. The third-order valence-electron chi connectivity index (χ3n) is 3.02. The smallest absolute Gasteiger partial charge is 0.190 e. The second kappa shape index (κ2) is 6.86. The maximum Gasteiger partial charge on any atom is 0.190 e. The number of methoxy groups -OCH3 is 2. The van der Waals surface area contributed by atoms with Crippen LogP contribution in [0.5, 0.6) is 11.5 Å². The van der Waals surface area contributed by atoms with Gasteiger partial charge in [-0.2, -0.15) is 0 Å². The largest absolute Gasteiger partial charge is 0.493 e. The lowest BCUT2D eigenvalue weighted by Gasteiger charge is -2.09. The van der Waals surface area contributed by atoms with Crippen LogP contribution in [0.2, 0.25) is 0 Å². The Balaban J connectivity index is 1.82. The molecule has 0 saturated carbocycles. The van der Waals surface area contributed by atoms with Crippen molar-refractivity contribution in [2.45, 2.75) is 13.0 Å². The predicted octanol–water partition coefficient (Wildman–Crippen LogP) is 2.21. The minimum absolute atomic E-state index is 0.446. The first-order chi connectivity index (χ1) is 9.72. The van der Waals surface area contributed by atoms with Crippen molar-refractivity contribution in [1.82, 2.24) is 5.32 Å². The Morgan fingerprint density at radius 1 is 1.10 bits per heavy atom. The van der Waals surface area contributed by atoms with Gasteiger partial charge in [-0.05, 0) is 36.7 Å². The van der Waals surface area contributed by atoms with Crippen LogP contribution in [0.15, 0.2) is 34.7 Å². The molecule has 2 rings (SSSR count). The van der Waals surface area contributed by atoms with Gasteiger partial charge in [-0.15, -0.1) is 0 Å². The zero-order valence-electron chi connectivity index (χ0n) is 11.8. The summed E-state index contributed by atoms with van der Waals surface area (Å²) in [5, 5.41) is 3.31. The Morgan fingerprint density at radius 3 is 2.55 bits per heavy atom. The quantitative estimate of drug-likeness (QED) is 0.759. The van der Waals surface area contributed by atoms with Crippen LogP contribution in [0.4, 0.5) is 5.88 Å². The van der Waals surface area contributed by atoms with Crippen molar-refractivity contribution in [3.63, 3.8) is 0 Å². The summed E-state index contributed by atoms with van der Waals surface area (Å²) in [6.07, 6.45) is 0.899. The van der Waals surface area contributed by atoms with Gasteiger partial charge in [0, 0.05) is 6.07 Å². The number of hydrogen-bond acceptors (Lipinski definition) is 5. The molecule has 1 aromatic heterocycles. The molecule has 0 aliphatic heterocycles. The number of anilines is 1. The SMILES string of the molecule is COc1ccc(CCNCc2ccc(N)o2)cc1OC. The molecule has 2 aromatic rings. The molecule has 0 amide bonds. The van der Waals surface area contributed by atoms with E-state index in [1.165, 1.54) is 5.56 Å². The zero-order valence-corrected chi connectivity index (χ0v) is 11.8. The topological polar surface area (TPSA) is 69.7 Å². The first-order valence-corrected chi connectivity index (χ1v) is 6.48. The van der Waals surface area contributed by atoms with E-state index in [-0.39, 0.29) is 0 Å². The lowest BCUT2D eigenvalue weighted by atomic mass is 10.1. The fourth-order valence-electron chi connectivity index (χ4n) is 1.97. The number of rotatable bonds is 7. The lowest BCUT2D eigenvalue weighted by molar-refractivity contribution is 0.354. The minimum Gasteiger partial charge on any atom is -0.493 e. The lowest BCUT2D eigenvalue weighted by Crippen LogP contribution is -2.16. The molecule has 0 fully saturated rings. The van der Waals surface area contributed by atoms with Gasteiger partial charge >= 0.3 is 0 Å². The number of hydrogen-bond donors (Lipinski definition) is 2. The number of benzene rings is 1. The first kappa shape index (κ1) is 14.3. The molecule has 1 aromatic carbocycles. The molecule has 0 aliphatic carbocycles. The Hall–Kier alpha value is -2.14. The van der Waals surface area contributed by atoms with E-state index in [1.807, 2.05) is 24.3 Å². The van der Waals surface area contributed by atoms with Crippen LogP contribution in [0, 0.1) is 0 Å². The standard InChI is InChI=1S/C15H20N2O3/c1-18-13-5-3-11(9-14(13)19-2)7-8-17-10-12-4-6-15(16)20-12/h3-6,9,17H,7-8,10,16H2,1-2H3. The van der Waals surface area contributed by atoms with E-state index < -0.39 is 0 Å². The molecule has 1 heterocycles. The van der Waals surface area contributed by atoms with Gasteiger partial charge in [-0.1, -0.05) is 6.07 Å². The highest BCUT2D eigenvalue weighted by Crippen LogP contribution is 2.27. The number of ether oxygens (including phenoxy) is 2. The summed E-state index contributed by atoms with van der Waals surface area (Å²) in [5.74, 6) is 2.79. The molecule has 0 bridgehead atoms. The second-order valence-corrected chi connectivity index (χ2v) is 4.42. The van der Waals surface area contributed by atoms with E-state index in [0.717, 1.165) is 30.2 Å². The Labute approximate surface area is 118 Å². The summed E-state index contributed by atoms with van der Waals surface area (Å²) < 4.78 is 15.8. The van der Waals surface area contributed by atoms with E-state index in [1.54, 1.807) is 20.3 Å². The molecule has 0 spiro atoms. The maximum atomic E-state index is 5.51. The van der Waals surface area contributed by atoms with E-state index in [0.29, 0.717) is 12.4 Å². The van der Waals surface area contributed by atoms with Gasteiger partial charge in [-0.3, -0.25) is 0 Å². The van der Waals surface area contributed by atoms with Crippen molar-refractivity contribution >= 4 is 5.88 Å². The Bertz CT molecular complexity index is 552. The highest BCUT2D eigenvalue weighted by atomic mass is 16.5. The molecule has 0 atom stereocenters. The van der Waals surface area contributed by atoms with Gasteiger partial charge in [0.15, 0.2) is 17.4 Å². The summed E-state index contributed by atoms with van der Waals surface area (Å²) in [4.78, 5) is 0. The van der Waals surface area contributed by atoms with Gasteiger partial charge in [-0.25, -0.2) is 0 Å². The van der Waals surface area contributed by atoms with Gasteiger partial charge in [0.05, 0.1) is 20.8 Å². The van der Waals surface area contributed by atoms with Crippen LogP contribution in [-0.2, 0) is 13.0 Å². The van der Waals surface area contributed by atoms with Crippen LogP contribution in [0.1, 0.15) is 11.3 Å². The molecule has 0 radical (unpaired) electrons. The number of furan rings is 1. The predicted molar refractivity (Wildman–Crippen MR) is 78.1 cm³/mol. The van der Waals surface area contributed by atoms with Crippen LogP contribution in [-0.4, -0.2) is 20.8 Å². The molecule has 0 aliphatic rings. The molecular weight excluding hydrogens is 256 g/mol. The fourth-order valence-corrected chi connectivity index (χ4v) is 1.97. The van der Waals surface area contributed by atoms with E-state index >= 15 is 0 Å². The number of nitrogens with one attached hydrogen (secondary N) is 1. The normalized spacial score (nSPS) is 10.5. The van der Waals surface area contributed by atoms with Crippen LogP contribution in [0.25, 0.3) is 0 Å². The van der Waals surface area contributed by atoms with E-state index in [9.17, 15) is 0 Å². The first-order valence-electron chi connectivity index (χ1n) is 6.48. The van der Waals surface area contributed by atoms with Crippen LogP contribution in [0.3, 0.4) is 0 Å². The molecule has 3 N–H and O–H groups in total. The van der Waals surface area contributed by atoms with Gasteiger partial charge in [0.2, 0.25) is 0 Å². The maximum absolute atomic E-state index is 5.51. The Morgan fingerprint density at radius 2 is 1.90 bits per heavy atom. The number of nitrogens with two attached hydrogens (primary N) is 1. The highest BCUT2D eigenvalue weighted by molar-refractivity contribution is 5.42. The van der Waals surface area contributed by atoms with E-state index in [4.69, 9.17) is 19.6 Å². The Kier molecular flexibility index (Phi) is 4.90. The van der Waals surface area contributed by atoms with Crippen molar-refractivity contribution < 1.29 is 13.9 Å². The molecule has 5 heteroatoms. The van der Waals surface area contributed by atoms with E-state index in [2.05, 4.69) is 5.32 Å². The fraction of sp³-hybridized carbons (Fsp3) is 0.333. The average Bonchev–Trinajstić information content (AvgIpc) is 2.89. The molecule has 5 nitrogen and oxygen atoms in total. The summed E-state index contributed by atoms with van der Waals surface area (Å²) >= 11 is 0. The van der Waals surface area contributed by atoms with Crippen LogP contribution < -0.4 is 20.5 Å². The zero-order chi connectivity index (χ0) is 14.4. The van der Waals surface area contributed by atoms with Crippen molar-refractivity contribution in [2.75, 3.05) is 26.5 Å². The van der Waals surface area contributed by atoms with Crippen molar-refractivity contribution in [2.24, 2.45) is 0 Å². The molecule has 0 unspecified atom stereocenters. The third-order valence-corrected chi connectivity index (χ3v) is 3.02. The highest BCUT2D eigenvalue weighted by Gasteiger charge is 2.04. The summed E-state index contributed by atoms with van der Waals surface area (Å²) in [7, 11) is 3.27. The minimum atomic E-state index is 0.446. The second-order valence-electron chi connectivity index (χ2n) is 4.42. The molecule has 108 valence electrons. The monoisotopic (exact) mass is 276 g/mol. The van der Waals surface area contributed by atoms with Crippen molar-refractivity contribution in [1.29, 1.82) is 0 Å². The van der Waals surface area contributed by atoms with Crippen molar-refractivity contribution in [3.8, 4) is 11.5 Å².